The molecular formula is C21H22F3NO6S. The summed E-state index contributed by atoms with van der Waals surface area (Å²) in [6.45, 7) is 1.19. The number of benzene rings is 1. The molecule has 0 fully saturated rings. The summed E-state index contributed by atoms with van der Waals surface area (Å²) in [5.74, 6) is -2.41. The second-order valence-corrected chi connectivity index (χ2v) is 8.98. The van der Waals surface area contributed by atoms with E-state index >= 15 is 0 Å². The molecular weight excluding hydrogens is 451 g/mol. The molecule has 0 radical (unpaired) electrons. The Hall–Kier alpha value is -2.82. The fraction of sp³-hybridized carbons (Fsp3) is 0.429. The van der Waals surface area contributed by atoms with Crippen molar-refractivity contribution < 1.29 is 40.7 Å². The van der Waals surface area contributed by atoms with Crippen molar-refractivity contribution in [2.75, 3.05) is 18.0 Å². The van der Waals surface area contributed by atoms with Crippen LogP contribution in [0, 0.1) is 0 Å². The van der Waals surface area contributed by atoms with Gasteiger partial charge in [0.25, 0.3) is 0 Å². The third-order valence-corrected chi connectivity index (χ3v) is 6.78. The van der Waals surface area contributed by atoms with Crippen molar-refractivity contribution >= 4 is 33.2 Å². The molecule has 1 aromatic rings. The van der Waals surface area contributed by atoms with Gasteiger partial charge in [0, 0.05) is 5.56 Å². The molecule has 1 heterocycles. The minimum Gasteiger partial charge on any atom is -0.466 e. The molecule has 32 heavy (non-hydrogen) atoms. The highest BCUT2D eigenvalue weighted by Gasteiger charge is 2.57. The van der Waals surface area contributed by atoms with Crippen molar-refractivity contribution in [1.29, 1.82) is 0 Å². The summed E-state index contributed by atoms with van der Waals surface area (Å²) in [5.41, 5.74) is -5.65. The molecule has 1 aliphatic heterocycles. The highest BCUT2D eigenvalue weighted by molar-refractivity contribution is 7.93. The Kier molecular flexibility index (Phi) is 6.68. The first-order valence-electron chi connectivity index (χ1n) is 9.94. The molecule has 0 bridgehead atoms. The van der Waals surface area contributed by atoms with Gasteiger partial charge < -0.3 is 9.47 Å². The zero-order valence-corrected chi connectivity index (χ0v) is 18.3. The number of methoxy groups -OCH3 is 1. The van der Waals surface area contributed by atoms with Crippen LogP contribution in [-0.2, 0) is 29.1 Å². The van der Waals surface area contributed by atoms with E-state index in [9.17, 15) is 31.2 Å². The number of hydrogen-bond donors (Lipinski definition) is 0. The predicted octanol–water partition coefficient (Wildman–Crippen LogP) is 3.71. The molecule has 0 spiro atoms. The maximum absolute atomic E-state index is 13.7. The van der Waals surface area contributed by atoms with E-state index < -0.39 is 39.1 Å². The lowest BCUT2D eigenvalue weighted by atomic mass is 9.81. The molecule has 0 amide bonds. The Balaban J connectivity index is 2.45. The maximum Gasteiger partial charge on any atom is 0.516 e. The fourth-order valence-corrected chi connectivity index (χ4v) is 5.07. The normalized spacial score (nSPS) is 19.2. The molecule has 11 heteroatoms. The van der Waals surface area contributed by atoms with Gasteiger partial charge in [-0.15, -0.1) is 0 Å². The number of anilines is 1. The van der Waals surface area contributed by atoms with Crippen LogP contribution in [0.2, 0.25) is 0 Å². The van der Waals surface area contributed by atoms with Gasteiger partial charge in [-0.25, -0.2) is 13.9 Å². The maximum atomic E-state index is 13.7. The van der Waals surface area contributed by atoms with Crippen LogP contribution in [-0.4, -0.2) is 45.6 Å². The van der Waals surface area contributed by atoms with Crippen LogP contribution in [0.4, 0.5) is 18.9 Å². The Labute approximate surface area is 183 Å². The lowest BCUT2D eigenvalue weighted by molar-refractivity contribution is -0.146. The number of alkyl halides is 3. The summed E-state index contributed by atoms with van der Waals surface area (Å²) in [6.07, 6.45) is 4.67. The number of para-hydroxylation sites is 1. The van der Waals surface area contributed by atoms with Crippen LogP contribution in [0.15, 0.2) is 41.5 Å². The summed E-state index contributed by atoms with van der Waals surface area (Å²) in [7, 11) is -5.08. The number of fused-ring (bicyclic) bond motifs is 1. The second kappa shape index (κ2) is 8.97. The summed E-state index contributed by atoms with van der Waals surface area (Å²) in [6, 6.07) is 3.27. The number of halogens is 3. The van der Waals surface area contributed by atoms with Crippen LogP contribution in [0.5, 0.6) is 0 Å². The van der Waals surface area contributed by atoms with Gasteiger partial charge in [-0.05, 0) is 49.8 Å². The number of ether oxygens (including phenoxy) is 2. The summed E-state index contributed by atoms with van der Waals surface area (Å²) < 4.78 is 75.9. The standard InChI is InChI=1S/C21H22F3NO6S/c1-3-31-20(27)18-17(19(26)30-2)16(13-9-5-4-6-10-13)14-11-7-8-12-15(14)25(18)32(28,29)21(22,23)24/h7-9,11-12,18H,3-6,10H2,1-2H3/t18-/m0/s1. The van der Waals surface area contributed by atoms with Crippen molar-refractivity contribution in [3.8, 4) is 0 Å². The topological polar surface area (TPSA) is 90.0 Å². The molecule has 7 nitrogen and oxygen atoms in total. The molecule has 0 unspecified atom stereocenters. The van der Waals surface area contributed by atoms with E-state index in [1.165, 1.54) is 31.2 Å². The molecule has 0 N–H and O–H groups in total. The first-order chi connectivity index (χ1) is 15.1. The number of allylic oxidation sites excluding steroid dienone is 3. The SMILES string of the molecule is CCOC(=O)[C@@H]1C(C(=O)OC)=C(C2=CCCCC2)c2ccccc2N1S(=O)(=O)C(F)(F)F. The van der Waals surface area contributed by atoms with E-state index in [1.807, 2.05) is 6.08 Å². The average molecular weight is 473 g/mol. The van der Waals surface area contributed by atoms with Gasteiger partial charge in [-0.1, -0.05) is 24.3 Å². The zero-order chi connectivity index (χ0) is 23.7. The Morgan fingerprint density at radius 2 is 1.88 bits per heavy atom. The van der Waals surface area contributed by atoms with Gasteiger partial charge in [-0.2, -0.15) is 21.6 Å². The van der Waals surface area contributed by atoms with Crippen LogP contribution in [0.1, 0.15) is 38.2 Å². The summed E-state index contributed by atoms with van der Waals surface area (Å²) >= 11 is 0. The number of carbonyl (C=O) groups excluding carboxylic acids is 2. The van der Waals surface area contributed by atoms with Crippen LogP contribution >= 0.6 is 0 Å². The largest absolute Gasteiger partial charge is 0.516 e. The van der Waals surface area contributed by atoms with Gasteiger partial charge in [0.2, 0.25) is 0 Å². The van der Waals surface area contributed by atoms with Gasteiger partial charge in [0.15, 0.2) is 6.04 Å². The lowest BCUT2D eigenvalue weighted by Crippen LogP contribution is -2.54. The summed E-state index contributed by atoms with van der Waals surface area (Å²) in [5, 5.41) is 0. The second-order valence-electron chi connectivity index (χ2n) is 7.17. The molecule has 0 aromatic heterocycles. The van der Waals surface area contributed by atoms with E-state index in [0.717, 1.165) is 20.0 Å². The smallest absolute Gasteiger partial charge is 0.466 e. The summed E-state index contributed by atoms with van der Waals surface area (Å²) in [4.78, 5) is 25.7. The van der Waals surface area contributed by atoms with Crippen LogP contribution < -0.4 is 4.31 Å². The van der Waals surface area contributed by atoms with Crippen molar-refractivity contribution in [2.24, 2.45) is 0 Å². The molecule has 2 aliphatic rings. The van der Waals surface area contributed by atoms with Crippen molar-refractivity contribution in [3.63, 3.8) is 0 Å². The van der Waals surface area contributed by atoms with Gasteiger partial charge >= 0.3 is 27.5 Å². The fourth-order valence-electron chi connectivity index (χ4n) is 3.96. The van der Waals surface area contributed by atoms with E-state index in [4.69, 9.17) is 9.47 Å². The highest BCUT2D eigenvalue weighted by atomic mass is 32.2. The number of carbonyl (C=O) groups is 2. The molecule has 0 saturated carbocycles. The average Bonchev–Trinajstić information content (AvgIpc) is 2.76. The molecule has 3 rings (SSSR count). The zero-order valence-electron chi connectivity index (χ0n) is 17.4. The van der Waals surface area contributed by atoms with E-state index in [1.54, 1.807) is 0 Å². The van der Waals surface area contributed by atoms with Crippen molar-refractivity contribution in [1.82, 2.24) is 0 Å². The Morgan fingerprint density at radius 1 is 1.19 bits per heavy atom. The number of esters is 2. The molecule has 1 atom stereocenters. The van der Waals surface area contributed by atoms with Gasteiger partial charge in [0.1, 0.15) is 0 Å². The number of sulfonamides is 1. The number of nitrogens with zero attached hydrogens (tertiary/aromatic N) is 1. The molecule has 174 valence electrons. The Morgan fingerprint density at radius 3 is 2.44 bits per heavy atom. The van der Waals surface area contributed by atoms with Crippen LogP contribution in [0.3, 0.4) is 0 Å². The van der Waals surface area contributed by atoms with Gasteiger partial charge in [-0.3, -0.25) is 0 Å². The van der Waals surface area contributed by atoms with E-state index in [0.29, 0.717) is 18.4 Å². The first-order valence-corrected chi connectivity index (χ1v) is 11.4. The molecule has 1 aromatic carbocycles. The van der Waals surface area contributed by atoms with Crippen molar-refractivity contribution in [2.45, 2.75) is 44.2 Å². The van der Waals surface area contributed by atoms with Crippen molar-refractivity contribution in [3.05, 3.63) is 47.1 Å². The molecule has 1 aliphatic carbocycles. The minimum atomic E-state index is -6.08. The van der Waals surface area contributed by atoms with Gasteiger partial charge in [0.05, 0.1) is 25.0 Å². The van der Waals surface area contributed by atoms with E-state index in [-0.39, 0.29) is 27.7 Å². The van der Waals surface area contributed by atoms with Crippen LogP contribution in [0.25, 0.3) is 5.57 Å². The number of hydrogen-bond acceptors (Lipinski definition) is 6. The first kappa shape index (κ1) is 23.8. The third kappa shape index (κ3) is 4.01. The minimum absolute atomic E-state index is 0.0700. The Bertz CT molecular complexity index is 1090. The third-order valence-electron chi connectivity index (χ3n) is 5.27. The monoisotopic (exact) mass is 473 g/mol. The quantitative estimate of drug-likeness (QED) is 0.606. The van der Waals surface area contributed by atoms with E-state index in [2.05, 4.69) is 0 Å². The molecule has 0 saturated heterocycles. The highest BCUT2D eigenvalue weighted by Crippen LogP contribution is 2.47. The number of rotatable bonds is 5. The lowest BCUT2D eigenvalue weighted by Gasteiger charge is -2.39. The predicted molar refractivity (Wildman–Crippen MR) is 110 cm³/mol.